The van der Waals surface area contributed by atoms with Gasteiger partial charge in [0.15, 0.2) is 0 Å². The molecule has 1 N–H and O–H groups in total. The lowest BCUT2D eigenvalue weighted by Crippen LogP contribution is -2.35. The Morgan fingerprint density at radius 1 is 1.19 bits per heavy atom. The van der Waals surface area contributed by atoms with Crippen molar-refractivity contribution in [3.8, 4) is 0 Å². The third-order valence-electron chi connectivity index (χ3n) is 3.30. The number of aliphatic hydroxyl groups is 1. The quantitative estimate of drug-likeness (QED) is 0.322. The molecule has 0 aliphatic heterocycles. The van der Waals surface area contributed by atoms with Gasteiger partial charge in [0.1, 0.15) is 6.61 Å². The Morgan fingerprint density at radius 2 is 1.86 bits per heavy atom. The molecule has 0 amide bonds. The molecule has 4 nitrogen and oxygen atoms in total. The maximum absolute atomic E-state index is 11.2. The summed E-state index contributed by atoms with van der Waals surface area (Å²) in [4.78, 5) is 13.4. The van der Waals surface area contributed by atoms with Crippen molar-refractivity contribution in [2.75, 3.05) is 26.2 Å². The molecule has 0 heterocycles. The first-order valence-electron chi connectivity index (χ1n) is 8.30. The number of aliphatic hydroxyl groups excluding tert-OH is 1. The molecule has 4 heteroatoms. The number of hydrogen-bond donors (Lipinski definition) is 1. The Bertz CT molecular complexity index is 277. The van der Waals surface area contributed by atoms with Gasteiger partial charge < -0.3 is 9.84 Å². The fourth-order valence-corrected chi connectivity index (χ4v) is 2.24. The van der Waals surface area contributed by atoms with E-state index < -0.39 is 0 Å². The molecule has 0 aromatic carbocycles. The molecule has 0 bridgehead atoms. The number of allylic oxidation sites excluding steroid dienone is 1. The van der Waals surface area contributed by atoms with E-state index in [-0.39, 0.29) is 12.1 Å². The highest BCUT2D eigenvalue weighted by atomic mass is 16.5. The van der Waals surface area contributed by atoms with Crippen LogP contribution in [-0.4, -0.2) is 48.3 Å². The summed E-state index contributed by atoms with van der Waals surface area (Å²) in [6.45, 7) is 8.46. The second-order valence-electron chi connectivity index (χ2n) is 5.58. The van der Waals surface area contributed by atoms with E-state index in [0.717, 1.165) is 13.0 Å². The van der Waals surface area contributed by atoms with Crippen LogP contribution in [0.4, 0.5) is 0 Å². The molecule has 0 spiro atoms. The number of rotatable bonds is 13. The van der Waals surface area contributed by atoms with Crippen LogP contribution in [0.1, 0.15) is 59.3 Å². The Balaban J connectivity index is 3.84. The van der Waals surface area contributed by atoms with Crippen LogP contribution in [0.5, 0.6) is 0 Å². The van der Waals surface area contributed by atoms with Gasteiger partial charge in [-0.05, 0) is 26.8 Å². The predicted octanol–water partition coefficient (Wildman–Crippen LogP) is 3.15. The molecule has 0 aliphatic rings. The van der Waals surface area contributed by atoms with E-state index in [9.17, 15) is 9.90 Å². The van der Waals surface area contributed by atoms with Crippen molar-refractivity contribution < 1.29 is 14.6 Å². The minimum atomic E-state index is -0.351. The van der Waals surface area contributed by atoms with Crippen LogP contribution in [0.25, 0.3) is 0 Å². The smallest absolute Gasteiger partial charge is 0.330 e. The van der Waals surface area contributed by atoms with Gasteiger partial charge in [-0.1, -0.05) is 45.1 Å². The zero-order valence-electron chi connectivity index (χ0n) is 14.0. The van der Waals surface area contributed by atoms with Crippen LogP contribution in [0.2, 0.25) is 0 Å². The van der Waals surface area contributed by atoms with Crippen molar-refractivity contribution in [2.24, 2.45) is 0 Å². The van der Waals surface area contributed by atoms with Gasteiger partial charge in [-0.15, -0.1) is 0 Å². The molecule has 0 aromatic rings. The van der Waals surface area contributed by atoms with E-state index in [2.05, 4.69) is 11.8 Å². The van der Waals surface area contributed by atoms with E-state index in [4.69, 9.17) is 4.74 Å². The Hall–Kier alpha value is -0.870. The van der Waals surface area contributed by atoms with Gasteiger partial charge in [0.2, 0.25) is 0 Å². The van der Waals surface area contributed by atoms with Gasteiger partial charge in [0.05, 0.1) is 6.10 Å². The van der Waals surface area contributed by atoms with Crippen molar-refractivity contribution in [3.05, 3.63) is 12.2 Å². The van der Waals surface area contributed by atoms with Gasteiger partial charge >= 0.3 is 5.97 Å². The van der Waals surface area contributed by atoms with E-state index in [1.165, 1.54) is 38.2 Å². The van der Waals surface area contributed by atoms with Crippen molar-refractivity contribution in [2.45, 2.75) is 65.4 Å². The van der Waals surface area contributed by atoms with Crippen LogP contribution in [0.15, 0.2) is 12.2 Å². The standard InChI is InChI=1S/C17H33NO3/c1-4-6-7-8-9-10-12-18(15-16(3)19)13-14-21-17(20)11-5-2/h5,11,16,19H,4,6-10,12-15H2,1-3H3/b11-5+. The van der Waals surface area contributed by atoms with Gasteiger partial charge in [-0.2, -0.15) is 0 Å². The van der Waals surface area contributed by atoms with Gasteiger partial charge in [-0.3, -0.25) is 4.90 Å². The maximum Gasteiger partial charge on any atom is 0.330 e. The lowest BCUT2D eigenvalue weighted by atomic mass is 10.1. The molecule has 0 rings (SSSR count). The molecule has 124 valence electrons. The summed E-state index contributed by atoms with van der Waals surface area (Å²) in [7, 11) is 0. The summed E-state index contributed by atoms with van der Waals surface area (Å²) in [5.74, 6) is -0.297. The average Bonchev–Trinajstić information content (AvgIpc) is 2.42. The van der Waals surface area contributed by atoms with Crippen LogP contribution in [0, 0.1) is 0 Å². The van der Waals surface area contributed by atoms with Crippen molar-refractivity contribution in [1.29, 1.82) is 0 Å². The number of nitrogens with zero attached hydrogens (tertiary/aromatic N) is 1. The second-order valence-corrected chi connectivity index (χ2v) is 5.58. The molecule has 0 saturated heterocycles. The van der Waals surface area contributed by atoms with Crippen LogP contribution in [0.3, 0.4) is 0 Å². The fraction of sp³-hybridized carbons (Fsp3) is 0.824. The third kappa shape index (κ3) is 13.9. The summed E-state index contributed by atoms with van der Waals surface area (Å²) < 4.78 is 5.10. The molecule has 0 radical (unpaired) electrons. The minimum absolute atomic E-state index is 0.297. The Kier molecular flexibility index (Phi) is 13.5. The molecule has 0 aliphatic carbocycles. The van der Waals surface area contributed by atoms with Gasteiger partial charge in [0, 0.05) is 19.2 Å². The topological polar surface area (TPSA) is 49.8 Å². The molecule has 0 saturated carbocycles. The van der Waals surface area contributed by atoms with E-state index in [0.29, 0.717) is 19.7 Å². The van der Waals surface area contributed by atoms with Crippen LogP contribution >= 0.6 is 0 Å². The van der Waals surface area contributed by atoms with Crippen molar-refractivity contribution >= 4 is 5.97 Å². The average molecular weight is 299 g/mol. The molecule has 0 fully saturated rings. The Labute approximate surface area is 130 Å². The minimum Gasteiger partial charge on any atom is -0.461 e. The number of ether oxygens (including phenoxy) is 1. The first-order chi connectivity index (χ1) is 10.1. The summed E-state index contributed by atoms with van der Waals surface area (Å²) in [6, 6.07) is 0. The van der Waals surface area contributed by atoms with E-state index >= 15 is 0 Å². The van der Waals surface area contributed by atoms with Crippen molar-refractivity contribution in [1.82, 2.24) is 4.90 Å². The highest BCUT2D eigenvalue weighted by Crippen LogP contribution is 2.06. The molecular weight excluding hydrogens is 266 g/mol. The number of unbranched alkanes of at least 4 members (excludes halogenated alkanes) is 5. The zero-order valence-corrected chi connectivity index (χ0v) is 14.0. The largest absolute Gasteiger partial charge is 0.461 e. The maximum atomic E-state index is 11.2. The normalized spacial score (nSPS) is 13.0. The molecule has 0 aromatic heterocycles. The summed E-state index contributed by atoms with van der Waals surface area (Å²) in [5, 5.41) is 9.53. The lowest BCUT2D eigenvalue weighted by Gasteiger charge is -2.23. The van der Waals surface area contributed by atoms with Gasteiger partial charge in [0.25, 0.3) is 0 Å². The lowest BCUT2D eigenvalue weighted by molar-refractivity contribution is -0.138. The summed E-state index contributed by atoms with van der Waals surface area (Å²) in [6.07, 6.45) is 10.3. The number of hydrogen-bond acceptors (Lipinski definition) is 4. The first kappa shape index (κ1) is 20.1. The van der Waals surface area contributed by atoms with Crippen molar-refractivity contribution in [3.63, 3.8) is 0 Å². The third-order valence-corrected chi connectivity index (χ3v) is 3.30. The highest BCUT2D eigenvalue weighted by molar-refractivity contribution is 5.81. The predicted molar refractivity (Wildman–Crippen MR) is 87.3 cm³/mol. The number of carbonyl (C=O) groups is 1. The van der Waals surface area contributed by atoms with E-state index in [1.807, 2.05) is 0 Å². The number of esters is 1. The molecular formula is C17H33NO3. The SMILES string of the molecule is C/C=C/C(=O)OCCN(CCCCCCCC)CC(C)O. The summed E-state index contributed by atoms with van der Waals surface area (Å²) in [5.41, 5.74) is 0. The molecule has 21 heavy (non-hydrogen) atoms. The zero-order chi connectivity index (χ0) is 15.9. The first-order valence-corrected chi connectivity index (χ1v) is 8.30. The van der Waals surface area contributed by atoms with E-state index in [1.54, 1.807) is 19.9 Å². The summed E-state index contributed by atoms with van der Waals surface area (Å²) >= 11 is 0. The Morgan fingerprint density at radius 3 is 2.48 bits per heavy atom. The van der Waals surface area contributed by atoms with Gasteiger partial charge in [-0.25, -0.2) is 4.79 Å². The van der Waals surface area contributed by atoms with Crippen LogP contribution in [-0.2, 0) is 9.53 Å². The fourth-order valence-electron chi connectivity index (χ4n) is 2.24. The van der Waals surface area contributed by atoms with Crippen LogP contribution < -0.4 is 0 Å². The second kappa shape index (κ2) is 14.1. The highest BCUT2D eigenvalue weighted by Gasteiger charge is 2.09. The monoisotopic (exact) mass is 299 g/mol. The molecule has 1 unspecified atom stereocenters. The number of carbonyl (C=O) groups excluding carboxylic acids is 1. The molecule has 1 atom stereocenters.